The van der Waals surface area contributed by atoms with Crippen molar-refractivity contribution in [2.75, 3.05) is 0 Å². The SMILES string of the molecule is CCCCCc1cc(O)c(CC[C@H](C)CCCC(C)C)c(O)c1CCc1c(CCCCC)cc(O)c(CC[C@H](C)CCCC(C)C)c1O. The predicted octanol–water partition coefficient (Wildman–Crippen LogP) is 12.5. The van der Waals surface area contributed by atoms with E-state index in [0.717, 1.165) is 86.5 Å². The van der Waals surface area contributed by atoms with Crippen molar-refractivity contribution in [3.63, 3.8) is 0 Å². The molecule has 4 heteroatoms. The van der Waals surface area contributed by atoms with E-state index in [-0.39, 0.29) is 23.0 Å². The number of aryl methyl sites for hydroxylation is 2. The van der Waals surface area contributed by atoms with Crippen molar-refractivity contribution in [2.24, 2.45) is 23.7 Å². The van der Waals surface area contributed by atoms with E-state index >= 15 is 0 Å². The summed E-state index contributed by atoms with van der Waals surface area (Å²) in [5, 5.41) is 45.8. The summed E-state index contributed by atoms with van der Waals surface area (Å²) in [4.78, 5) is 0. The molecule has 0 bridgehead atoms. The van der Waals surface area contributed by atoms with Crippen LogP contribution in [0.2, 0.25) is 0 Å². The smallest absolute Gasteiger partial charge is 0.125 e. The van der Waals surface area contributed by atoms with Crippen molar-refractivity contribution in [2.45, 2.75) is 184 Å². The number of rotatable bonds is 25. The average Bonchev–Trinajstić information content (AvgIpc) is 3.01. The third-order valence-electron chi connectivity index (χ3n) is 10.6. The second kappa shape index (κ2) is 22.4. The summed E-state index contributed by atoms with van der Waals surface area (Å²) in [6.45, 7) is 18.0. The Kier molecular flexibility index (Phi) is 19.5. The minimum absolute atomic E-state index is 0.217. The van der Waals surface area contributed by atoms with Gasteiger partial charge in [0.15, 0.2) is 0 Å². The average molecular weight is 667 g/mol. The first kappa shape index (κ1) is 41.8. The quantitative estimate of drug-likeness (QED) is 0.0795. The fraction of sp³-hybridized carbons (Fsp3) is 0.727. The van der Waals surface area contributed by atoms with Crippen LogP contribution in [-0.2, 0) is 38.5 Å². The summed E-state index contributed by atoms with van der Waals surface area (Å²) >= 11 is 0. The molecule has 0 saturated heterocycles. The maximum Gasteiger partial charge on any atom is 0.125 e. The Balaban J connectivity index is 2.38. The predicted molar refractivity (Wildman–Crippen MR) is 206 cm³/mol. The highest BCUT2D eigenvalue weighted by Crippen LogP contribution is 2.40. The van der Waals surface area contributed by atoms with Crippen molar-refractivity contribution < 1.29 is 20.4 Å². The minimum atomic E-state index is 0.217. The molecular weight excluding hydrogens is 592 g/mol. The molecule has 4 N–H and O–H groups in total. The number of hydrogen-bond donors (Lipinski definition) is 4. The molecule has 0 heterocycles. The number of phenols is 4. The lowest BCUT2D eigenvalue weighted by Crippen LogP contribution is -2.06. The van der Waals surface area contributed by atoms with Crippen molar-refractivity contribution >= 4 is 0 Å². The molecular formula is C44H74O4. The molecule has 0 unspecified atom stereocenters. The van der Waals surface area contributed by atoms with Crippen molar-refractivity contribution in [3.8, 4) is 23.0 Å². The highest BCUT2D eigenvalue weighted by Gasteiger charge is 2.22. The van der Waals surface area contributed by atoms with E-state index in [1.165, 1.54) is 38.5 Å². The number of benzene rings is 2. The lowest BCUT2D eigenvalue weighted by atomic mass is 9.87. The zero-order valence-electron chi connectivity index (χ0n) is 32.4. The third kappa shape index (κ3) is 14.2. The molecule has 0 saturated carbocycles. The molecule has 0 aliphatic carbocycles. The van der Waals surface area contributed by atoms with Gasteiger partial charge in [-0.3, -0.25) is 0 Å². The molecule has 0 amide bonds. The van der Waals surface area contributed by atoms with Crippen LogP contribution in [0.1, 0.15) is 179 Å². The van der Waals surface area contributed by atoms with Gasteiger partial charge in [0, 0.05) is 11.1 Å². The lowest BCUT2D eigenvalue weighted by Gasteiger charge is -2.21. The van der Waals surface area contributed by atoms with Crippen molar-refractivity contribution in [3.05, 3.63) is 45.5 Å². The van der Waals surface area contributed by atoms with Gasteiger partial charge in [-0.15, -0.1) is 0 Å². The van der Waals surface area contributed by atoms with Gasteiger partial charge in [-0.05, 0) is 122 Å². The Morgan fingerprint density at radius 1 is 0.417 bits per heavy atom. The highest BCUT2D eigenvalue weighted by molar-refractivity contribution is 5.56. The summed E-state index contributed by atoms with van der Waals surface area (Å²) in [5.41, 5.74) is 5.22. The van der Waals surface area contributed by atoms with E-state index < -0.39 is 0 Å². The summed E-state index contributed by atoms with van der Waals surface area (Å²) in [5.74, 6) is 3.43. The molecule has 4 nitrogen and oxygen atoms in total. The zero-order chi connectivity index (χ0) is 35.6. The van der Waals surface area contributed by atoms with Crippen LogP contribution in [-0.4, -0.2) is 20.4 Å². The van der Waals surface area contributed by atoms with Crippen LogP contribution < -0.4 is 0 Å². The number of unbranched alkanes of at least 4 members (excludes halogenated alkanes) is 4. The maximum atomic E-state index is 11.7. The topological polar surface area (TPSA) is 80.9 Å². The lowest BCUT2D eigenvalue weighted by molar-refractivity contribution is 0.407. The molecule has 2 rings (SSSR count). The van der Waals surface area contributed by atoms with Gasteiger partial charge in [0.1, 0.15) is 23.0 Å². The Morgan fingerprint density at radius 2 is 0.792 bits per heavy atom. The van der Waals surface area contributed by atoms with E-state index in [1.54, 1.807) is 0 Å². The molecule has 0 aromatic heterocycles. The van der Waals surface area contributed by atoms with Crippen molar-refractivity contribution in [1.29, 1.82) is 0 Å². The number of phenolic OH excluding ortho intramolecular Hbond substituents is 4. The van der Waals surface area contributed by atoms with Gasteiger partial charge >= 0.3 is 0 Å². The van der Waals surface area contributed by atoms with Crippen LogP contribution in [0.5, 0.6) is 23.0 Å². The molecule has 0 spiro atoms. The van der Waals surface area contributed by atoms with Gasteiger partial charge in [-0.1, -0.05) is 120 Å². The molecule has 0 aliphatic heterocycles. The normalized spacial score (nSPS) is 13.1. The Labute approximate surface area is 295 Å². The molecule has 0 fully saturated rings. The molecule has 48 heavy (non-hydrogen) atoms. The summed E-state index contributed by atoms with van der Waals surface area (Å²) in [6, 6.07) is 3.82. The Bertz CT molecular complexity index is 1100. The first-order chi connectivity index (χ1) is 22.9. The Morgan fingerprint density at radius 3 is 1.12 bits per heavy atom. The second-order valence-corrected chi connectivity index (χ2v) is 16.1. The monoisotopic (exact) mass is 667 g/mol. The van der Waals surface area contributed by atoms with Crippen LogP contribution in [0.15, 0.2) is 12.1 Å². The van der Waals surface area contributed by atoms with Crippen LogP contribution in [0.4, 0.5) is 0 Å². The molecule has 2 atom stereocenters. The molecule has 274 valence electrons. The van der Waals surface area contributed by atoms with E-state index in [4.69, 9.17) is 0 Å². The van der Waals surface area contributed by atoms with E-state index in [0.29, 0.717) is 60.5 Å². The van der Waals surface area contributed by atoms with Crippen molar-refractivity contribution in [1.82, 2.24) is 0 Å². The third-order valence-corrected chi connectivity index (χ3v) is 10.6. The molecule has 0 radical (unpaired) electrons. The standard InChI is InChI=1S/C44H74O4/c1-9-11-13-21-35-29-41(45)39(25-23-33(7)19-15-17-31(3)4)43(47)37(35)27-28-38-36(22-14-12-10-2)30-42(46)40(44(38)48)26-24-34(8)20-16-18-32(5)6/h29-34,45-48H,9-28H2,1-8H3/t33-,34-/m1/s1. The van der Waals surface area contributed by atoms with Crippen LogP contribution >= 0.6 is 0 Å². The largest absolute Gasteiger partial charge is 0.508 e. The fourth-order valence-corrected chi connectivity index (χ4v) is 7.29. The van der Waals surface area contributed by atoms with Crippen LogP contribution in [0.25, 0.3) is 0 Å². The summed E-state index contributed by atoms with van der Waals surface area (Å²) in [7, 11) is 0. The maximum absolute atomic E-state index is 11.7. The number of aromatic hydroxyl groups is 4. The molecule has 2 aromatic rings. The van der Waals surface area contributed by atoms with E-state index in [2.05, 4.69) is 55.4 Å². The van der Waals surface area contributed by atoms with E-state index in [1.807, 2.05) is 12.1 Å². The second-order valence-electron chi connectivity index (χ2n) is 16.1. The van der Waals surface area contributed by atoms with Gasteiger partial charge in [0.2, 0.25) is 0 Å². The van der Waals surface area contributed by atoms with Gasteiger partial charge in [-0.2, -0.15) is 0 Å². The fourth-order valence-electron chi connectivity index (χ4n) is 7.29. The minimum Gasteiger partial charge on any atom is -0.508 e. The van der Waals surface area contributed by atoms with Gasteiger partial charge in [0.05, 0.1) is 0 Å². The highest BCUT2D eigenvalue weighted by atomic mass is 16.3. The van der Waals surface area contributed by atoms with Gasteiger partial charge in [-0.25, -0.2) is 0 Å². The summed E-state index contributed by atoms with van der Waals surface area (Å²) < 4.78 is 0. The van der Waals surface area contributed by atoms with Crippen LogP contribution in [0, 0.1) is 23.7 Å². The van der Waals surface area contributed by atoms with Gasteiger partial charge < -0.3 is 20.4 Å². The number of hydrogen-bond acceptors (Lipinski definition) is 4. The molecule has 0 aliphatic rings. The first-order valence-electron chi connectivity index (χ1n) is 20.0. The molecule has 2 aromatic carbocycles. The van der Waals surface area contributed by atoms with E-state index in [9.17, 15) is 20.4 Å². The Hall–Kier alpha value is -2.36. The van der Waals surface area contributed by atoms with Gasteiger partial charge in [0.25, 0.3) is 0 Å². The zero-order valence-corrected chi connectivity index (χ0v) is 32.4. The van der Waals surface area contributed by atoms with Crippen LogP contribution in [0.3, 0.4) is 0 Å². The first-order valence-corrected chi connectivity index (χ1v) is 20.0. The summed E-state index contributed by atoms with van der Waals surface area (Å²) in [6.07, 6.45) is 19.7.